The SMILES string of the molecule is [B]C(C)CCCCCCC(C)CC. The van der Waals surface area contributed by atoms with Crippen molar-refractivity contribution in [2.45, 2.75) is 71.5 Å². The Balaban J connectivity index is 2.99. The predicted molar refractivity (Wildman–Crippen MR) is 62.3 cm³/mol. The van der Waals surface area contributed by atoms with Crippen molar-refractivity contribution in [1.29, 1.82) is 0 Å². The van der Waals surface area contributed by atoms with E-state index in [-0.39, 0.29) is 0 Å². The molecular formula is C12H25B. The van der Waals surface area contributed by atoms with Gasteiger partial charge >= 0.3 is 0 Å². The van der Waals surface area contributed by atoms with Crippen LogP contribution in [0.1, 0.15) is 65.7 Å². The first-order valence-electron chi connectivity index (χ1n) is 5.92. The Hall–Kier alpha value is 0.0649. The van der Waals surface area contributed by atoms with E-state index in [9.17, 15) is 0 Å². The normalized spacial score (nSPS) is 15.6. The Morgan fingerprint density at radius 1 is 0.923 bits per heavy atom. The molecule has 0 aliphatic rings. The third-order valence-electron chi connectivity index (χ3n) is 2.80. The molecule has 2 radical (unpaired) electrons. The van der Waals surface area contributed by atoms with Gasteiger partial charge in [-0.3, -0.25) is 0 Å². The van der Waals surface area contributed by atoms with Crippen LogP contribution < -0.4 is 0 Å². The van der Waals surface area contributed by atoms with Crippen LogP contribution in [-0.2, 0) is 0 Å². The van der Waals surface area contributed by atoms with Crippen molar-refractivity contribution in [2.24, 2.45) is 5.92 Å². The van der Waals surface area contributed by atoms with Crippen molar-refractivity contribution >= 4 is 7.85 Å². The van der Waals surface area contributed by atoms with Crippen LogP contribution in [0.15, 0.2) is 0 Å². The highest BCUT2D eigenvalue weighted by atomic mass is 14.0. The Morgan fingerprint density at radius 2 is 1.46 bits per heavy atom. The zero-order valence-corrected chi connectivity index (χ0v) is 9.68. The van der Waals surface area contributed by atoms with Crippen molar-refractivity contribution in [1.82, 2.24) is 0 Å². The van der Waals surface area contributed by atoms with Crippen LogP contribution >= 0.6 is 0 Å². The lowest BCUT2D eigenvalue weighted by Gasteiger charge is -2.08. The second kappa shape index (κ2) is 8.65. The highest BCUT2D eigenvalue weighted by Gasteiger charge is 1.98. The summed E-state index contributed by atoms with van der Waals surface area (Å²) >= 11 is 0. The number of hydrogen-bond acceptors (Lipinski definition) is 0. The minimum absolute atomic E-state index is 0.398. The summed E-state index contributed by atoms with van der Waals surface area (Å²) in [6.07, 6.45) is 9.44. The molecule has 13 heavy (non-hydrogen) atoms. The molecule has 0 bridgehead atoms. The van der Waals surface area contributed by atoms with Gasteiger partial charge in [0.2, 0.25) is 0 Å². The average molecular weight is 180 g/mol. The molecular weight excluding hydrogens is 155 g/mol. The number of hydrogen-bond donors (Lipinski definition) is 0. The molecule has 2 atom stereocenters. The summed E-state index contributed by atoms with van der Waals surface area (Å²) in [5.74, 6) is 1.32. The number of rotatable bonds is 8. The van der Waals surface area contributed by atoms with Crippen LogP contribution in [0.5, 0.6) is 0 Å². The van der Waals surface area contributed by atoms with Crippen LogP contribution in [0.3, 0.4) is 0 Å². The van der Waals surface area contributed by atoms with Gasteiger partial charge in [-0.05, 0) is 5.92 Å². The lowest BCUT2D eigenvalue weighted by atomic mass is 9.85. The standard InChI is InChI=1S/C12H25B/c1-4-11(2)9-7-5-6-8-10-12(3)13/h11-12H,4-10H2,1-3H3. The van der Waals surface area contributed by atoms with Crippen LogP contribution in [0.2, 0.25) is 5.82 Å². The minimum atomic E-state index is 0.398. The van der Waals surface area contributed by atoms with E-state index < -0.39 is 0 Å². The molecule has 0 aliphatic carbocycles. The molecule has 1 heteroatoms. The molecule has 0 aromatic heterocycles. The second-order valence-corrected chi connectivity index (χ2v) is 4.48. The Labute approximate surface area is 85.9 Å². The summed E-state index contributed by atoms with van der Waals surface area (Å²) in [5, 5.41) is 0. The number of unbranched alkanes of at least 4 members (excludes halogenated alkanes) is 3. The molecule has 2 unspecified atom stereocenters. The summed E-state index contributed by atoms with van der Waals surface area (Å²) in [5.41, 5.74) is 0. The molecule has 0 heterocycles. The van der Waals surface area contributed by atoms with E-state index in [4.69, 9.17) is 7.85 Å². The fraction of sp³-hybridized carbons (Fsp3) is 1.00. The predicted octanol–water partition coefficient (Wildman–Crippen LogP) is 4.35. The largest absolute Gasteiger partial charge is 0.0802 e. The van der Waals surface area contributed by atoms with E-state index in [0.29, 0.717) is 5.82 Å². The van der Waals surface area contributed by atoms with E-state index in [1.54, 1.807) is 0 Å². The van der Waals surface area contributed by atoms with Crippen molar-refractivity contribution in [3.05, 3.63) is 0 Å². The minimum Gasteiger partial charge on any atom is -0.0802 e. The summed E-state index contributed by atoms with van der Waals surface area (Å²) in [6, 6.07) is 0. The molecule has 0 saturated heterocycles. The molecule has 0 nitrogen and oxygen atoms in total. The van der Waals surface area contributed by atoms with Gasteiger partial charge in [-0.1, -0.05) is 71.5 Å². The highest BCUT2D eigenvalue weighted by molar-refractivity contribution is 6.11. The van der Waals surface area contributed by atoms with Crippen molar-refractivity contribution < 1.29 is 0 Å². The van der Waals surface area contributed by atoms with Crippen LogP contribution in [0, 0.1) is 5.92 Å². The molecule has 0 amide bonds. The lowest BCUT2D eigenvalue weighted by molar-refractivity contribution is 0.472. The van der Waals surface area contributed by atoms with Gasteiger partial charge in [0.15, 0.2) is 0 Å². The lowest BCUT2D eigenvalue weighted by Crippen LogP contribution is -1.92. The fourth-order valence-corrected chi connectivity index (χ4v) is 1.52. The summed E-state index contributed by atoms with van der Waals surface area (Å²) in [4.78, 5) is 0. The highest BCUT2D eigenvalue weighted by Crippen LogP contribution is 2.15. The van der Waals surface area contributed by atoms with Gasteiger partial charge in [0, 0.05) is 0 Å². The van der Waals surface area contributed by atoms with Crippen LogP contribution in [0.4, 0.5) is 0 Å². The van der Waals surface area contributed by atoms with Crippen LogP contribution in [-0.4, -0.2) is 7.85 Å². The first-order chi connectivity index (χ1) is 6.16. The fourth-order valence-electron chi connectivity index (χ4n) is 1.52. The molecule has 0 spiro atoms. The summed E-state index contributed by atoms with van der Waals surface area (Å²) in [6.45, 7) is 6.72. The van der Waals surface area contributed by atoms with Crippen LogP contribution in [0.25, 0.3) is 0 Å². The van der Waals surface area contributed by atoms with E-state index in [1.807, 2.05) is 0 Å². The van der Waals surface area contributed by atoms with E-state index in [2.05, 4.69) is 20.8 Å². The zero-order valence-electron chi connectivity index (χ0n) is 9.68. The van der Waals surface area contributed by atoms with Crippen molar-refractivity contribution in [3.63, 3.8) is 0 Å². The Bertz CT molecular complexity index is 99.3. The molecule has 0 aliphatic heterocycles. The smallest absolute Gasteiger partial charge is 0.0695 e. The molecule has 76 valence electrons. The molecule has 0 rings (SSSR count). The van der Waals surface area contributed by atoms with E-state index in [0.717, 1.165) is 5.92 Å². The van der Waals surface area contributed by atoms with Gasteiger partial charge < -0.3 is 0 Å². The molecule has 0 aromatic rings. The third-order valence-corrected chi connectivity index (χ3v) is 2.80. The van der Waals surface area contributed by atoms with Gasteiger partial charge in [-0.15, -0.1) is 0 Å². The first-order valence-corrected chi connectivity index (χ1v) is 5.92. The van der Waals surface area contributed by atoms with Gasteiger partial charge in [-0.25, -0.2) is 0 Å². The maximum atomic E-state index is 5.68. The van der Waals surface area contributed by atoms with Gasteiger partial charge in [0.25, 0.3) is 0 Å². The van der Waals surface area contributed by atoms with Gasteiger partial charge in [0.1, 0.15) is 0 Å². The first kappa shape index (κ1) is 13.1. The maximum Gasteiger partial charge on any atom is 0.0695 e. The summed E-state index contributed by atoms with van der Waals surface area (Å²) in [7, 11) is 5.68. The molecule has 0 saturated carbocycles. The average Bonchev–Trinajstić information content (AvgIpc) is 2.10. The Kier molecular flexibility index (Phi) is 8.70. The second-order valence-electron chi connectivity index (χ2n) is 4.48. The zero-order chi connectivity index (χ0) is 10.1. The monoisotopic (exact) mass is 180 g/mol. The van der Waals surface area contributed by atoms with Crippen molar-refractivity contribution in [2.75, 3.05) is 0 Å². The maximum absolute atomic E-state index is 5.68. The topological polar surface area (TPSA) is 0 Å². The van der Waals surface area contributed by atoms with Gasteiger partial charge in [0.05, 0.1) is 7.85 Å². The van der Waals surface area contributed by atoms with Crippen molar-refractivity contribution in [3.8, 4) is 0 Å². The Morgan fingerprint density at radius 3 is 1.92 bits per heavy atom. The van der Waals surface area contributed by atoms with E-state index >= 15 is 0 Å². The quantitative estimate of drug-likeness (QED) is 0.384. The molecule has 0 N–H and O–H groups in total. The molecule has 0 aromatic carbocycles. The third kappa shape index (κ3) is 9.98. The van der Waals surface area contributed by atoms with E-state index in [1.165, 1.54) is 44.9 Å². The molecule has 0 fully saturated rings. The van der Waals surface area contributed by atoms with Gasteiger partial charge in [-0.2, -0.15) is 0 Å². The summed E-state index contributed by atoms with van der Waals surface area (Å²) < 4.78 is 0.